The predicted octanol–water partition coefficient (Wildman–Crippen LogP) is 2.80. The number of nitrogens with zero attached hydrogens (tertiary/aromatic N) is 1. The van der Waals surface area contributed by atoms with Crippen molar-refractivity contribution in [1.82, 2.24) is 5.32 Å². The molecule has 0 saturated heterocycles. The fourth-order valence-electron chi connectivity index (χ4n) is 1.90. The van der Waals surface area contributed by atoms with Gasteiger partial charge in [0.1, 0.15) is 5.82 Å². The largest absolute Gasteiger partial charge is 0.311 e. The molecule has 0 aromatic rings. The van der Waals surface area contributed by atoms with Crippen LogP contribution in [0.1, 0.15) is 39.0 Å². The Hall–Kier alpha value is -1.38. The van der Waals surface area contributed by atoms with Gasteiger partial charge < -0.3 is 5.32 Å². The van der Waals surface area contributed by atoms with E-state index in [1.807, 2.05) is 6.92 Å². The Morgan fingerprint density at radius 1 is 1.38 bits per heavy atom. The van der Waals surface area contributed by atoms with Crippen molar-refractivity contribution in [3.05, 3.63) is 25.1 Å². The molecule has 0 bridgehead atoms. The van der Waals surface area contributed by atoms with Gasteiger partial charge in [0.05, 0.1) is 0 Å². The summed E-state index contributed by atoms with van der Waals surface area (Å²) in [6.07, 6.45) is 7.17. The van der Waals surface area contributed by atoms with E-state index in [0.717, 1.165) is 31.4 Å². The highest BCUT2D eigenvalue weighted by molar-refractivity contribution is 5.93. The van der Waals surface area contributed by atoms with Gasteiger partial charge in [0.15, 0.2) is 0 Å². The number of carbonyl (C=O) groups excluding carboxylic acids is 1. The minimum absolute atomic E-state index is 0.0605. The van der Waals surface area contributed by atoms with E-state index < -0.39 is 0 Å². The maximum absolute atomic E-state index is 11.8. The minimum atomic E-state index is 0.0605. The van der Waals surface area contributed by atoms with Crippen molar-refractivity contribution in [3.8, 4) is 0 Å². The van der Waals surface area contributed by atoms with E-state index in [0.29, 0.717) is 5.82 Å². The fraction of sp³-hybridized carbons (Fsp3) is 0.538. The van der Waals surface area contributed by atoms with Gasteiger partial charge in [0, 0.05) is 11.6 Å². The van der Waals surface area contributed by atoms with Crippen LogP contribution in [0.2, 0.25) is 0 Å². The average Bonchev–Trinajstić information content (AvgIpc) is 2.29. The SMILES string of the molecule is C=C/C(C)=N\C(=C)NC(=O)C1CCCCC1. The van der Waals surface area contributed by atoms with Gasteiger partial charge in [-0.1, -0.05) is 32.4 Å². The van der Waals surface area contributed by atoms with E-state index in [-0.39, 0.29) is 11.8 Å². The maximum atomic E-state index is 11.8. The van der Waals surface area contributed by atoms with Crippen LogP contribution in [-0.2, 0) is 4.79 Å². The van der Waals surface area contributed by atoms with Gasteiger partial charge in [-0.2, -0.15) is 0 Å². The lowest BCUT2D eigenvalue weighted by atomic mass is 9.89. The Bertz CT molecular complexity index is 312. The van der Waals surface area contributed by atoms with Crippen LogP contribution in [0.25, 0.3) is 0 Å². The van der Waals surface area contributed by atoms with Crippen LogP contribution in [0.15, 0.2) is 30.0 Å². The number of nitrogens with one attached hydrogen (secondary N) is 1. The first kappa shape index (κ1) is 12.7. The fourth-order valence-corrected chi connectivity index (χ4v) is 1.90. The summed E-state index contributed by atoms with van der Waals surface area (Å²) in [5.41, 5.74) is 0.758. The summed E-state index contributed by atoms with van der Waals surface area (Å²) in [6, 6.07) is 0. The molecule has 1 N–H and O–H groups in total. The number of amides is 1. The number of aliphatic imine (C=N–C) groups is 1. The summed E-state index contributed by atoms with van der Waals surface area (Å²) in [7, 11) is 0. The summed E-state index contributed by atoms with van der Waals surface area (Å²) >= 11 is 0. The molecule has 0 heterocycles. The number of rotatable bonds is 4. The van der Waals surface area contributed by atoms with Crippen LogP contribution in [0.5, 0.6) is 0 Å². The molecule has 0 atom stereocenters. The van der Waals surface area contributed by atoms with E-state index in [2.05, 4.69) is 23.5 Å². The minimum Gasteiger partial charge on any atom is -0.311 e. The third kappa shape index (κ3) is 4.01. The van der Waals surface area contributed by atoms with Crippen molar-refractivity contribution >= 4 is 11.6 Å². The van der Waals surface area contributed by atoms with Gasteiger partial charge in [0.25, 0.3) is 0 Å². The summed E-state index contributed by atoms with van der Waals surface area (Å²) in [6.45, 7) is 9.13. The van der Waals surface area contributed by atoms with E-state index in [9.17, 15) is 4.79 Å². The molecule has 0 radical (unpaired) electrons. The lowest BCUT2D eigenvalue weighted by Gasteiger charge is -2.20. The van der Waals surface area contributed by atoms with Crippen molar-refractivity contribution < 1.29 is 4.79 Å². The zero-order valence-corrected chi connectivity index (χ0v) is 9.96. The number of allylic oxidation sites excluding steroid dienone is 1. The highest BCUT2D eigenvalue weighted by Crippen LogP contribution is 2.23. The molecular formula is C13H20N2O. The molecule has 0 aromatic heterocycles. The molecule has 1 amide bonds. The topological polar surface area (TPSA) is 41.5 Å². The Labute approximate surface area is 97.3 Å². The van der Waals surface area contributed by atoms with E-state index >= 15 is 0 Å². The zero-order valence-electron chi connectivity index (χ0n) is 9.96. The third-order valence-electron chi connectivity index (χ3n) is 2.85. The molecule has 3 nitrogen and oxygen atoms in total. The number of hydrogen-bond donors (Lipinski definition) is 1. The van der Waals surface area contributed by atoms with Crippen LogP contribution < -0.4 is 5.32 Å². The maximum Gasteiger partial charge on any atom is 0.228 e. The van der Waals surface area contributed by atoms with Crippen LogP contribution in [0.4, 0.5) is 0 Å². The zero-order chi connectivity index (χ0) is 12.0. The molecule has 0 spiro atoms. The highest BCUT2D eigenvalue weighted by atomic mass is 16.2. The summed E-state index contributed by atoms with van der Waals surface area (Å²) in [5, 5.41) is 2.75. The van der Waals surface area contributed by atoms with Crippen LogP contribution in [0.3, 0.4) is 0 Å². The predicted molar refractivity (Wildman–Crippen MR) is 67.2 cm³/mol. The first-order valence-electron chi connectivity index (χ1n) is 5.81. The van der Waals surface area contributed by atoms with Crippen molar-refractivity contribution in [2.75, 3.05) is 0 Å². The Balaban J connectivity index is 2.44. The second-order valence-corrected chi connectivity index (χ2v) is 4.23. The molecule has 1 rings (SSSR count). The monoisotopic (exact) mass is 220 g/mol. The molecule has 1 aliphatic carbocycles. The van der Waals surface area contributed by atoms with Crippen LogP contribution in [0, 0.1) is 5.92 Å². The Morgan fingerprint density at radius 3 is 2.56 bits per heavy atom. The van der Waals surface area contributed by atoms with E-state index in [1.165, 1.54) is 6.42 Å². The number of hydrogen-bond acceptors (Lipinski definition) is 2. The number of carbonyl (C=O) groups is 1. The van der Waals surface area contributed by atoms with E-state index in [1.54, 1.807) is 6.08 Å². The molecule has 3 heteroatoms. The van der Waals surface area contributed by atoms with Crippen LogP contribution in [-0.4, -0.2) is 11.6 Å². The standard InChI is InChI=1S/C13H20N2O/c1-4-10(2)14-11(3)15-13(16)12-8-6-5-7-9-12/h4,12H,1,3,5-9H2,2H3,(H,15,16)/b14-10-. The van der Waals surface area contributed by atoms with Gasteiger partial charge >= 0.3 is 0 Å². The second kappa shape index (κ2) is 6.26. The first-order valence-corrected chi connectivity index (χ1v) is 5.81. The molecule has 1 aliphatic rings. The molecular weight excluding hydrogens is 200 g/mol. The first-order chi connectivity index (χ1) is 7.63. The quantitative estimate of drug-likeness (QED) is 0.727. The molecule has 0 unspecified atom stereocenters. The highest BCUT2D eigenvalue weighted by Gasteiger charge is 2.20. The van der Waals surface area contributed by atoms with Gasteiger partial charge in [-0.3, -0.25) is 4.79 Å². The van der Waals surface area contributed by atoms with Crippen LogP contribution >= 0.6 is 0 Å². The molecule has 88 valence electrons. The van der Waals surface area contributed by atoms with Gasteiger partial charge in [-0.25, -0.2) is 4.99 Å². The molecule has 0 aromatic carbocycles. The van der Waals surface area contributed by atoms with Crippen molar-refractivity contribution in [2.45, 2.75) is 39.0 Å². The molecule has 0 aliphatic heterocycles. The molecule has 1 fully saturated rings. The van der Waals surface area contributed by atoms with Gasteiger partial charge in [0.2, 0.25) is 5.91 Å². The Kier molecular flexibility index (Phi) is 4.96. The smallest absolute Gasteiger partial charge is 0.228 e. The summed E-state index contributed by atoms with van der Waals surface area (Å²) < 4.78 is 0. The lowest BCUT2D eigenvalue weighted by molar-refractivity contribution is -0.125. The lowest BCUT2D eigenvalue weighted by Crippen LogP contribution is -2.30. The summed E-state index contributed by atoms with van der Waals surface area (Å²) in [4.78, 5) is 15.9. The van der Waals surface area contributed by atoms with Gasteiger partial charge in [-0.05, 0) is 25.8 Å². The third-order valence-corrected chi connectivity index (χ3v) is 2.85. The molecule has 1 saturated carbocycles. The van der Waals surface area contributed by atoms with Crippen molar-refractivity contribution in [3.63, 3.8) is 0 Å². The summed E-state index contributed by atoms with van der Waals surface area (Å²) in [5.74, 6) is 0.614. The second-order valence-electron chi connectivity index (χ2n) is 4.23. The molecule has 16 heavy (non-hydrogen) atoms. The normalized spacial score (nSPS) is 17.9. The van der Waals surface area contributed by atoms with E-state index in [4.69, 9.17) is 0 Å². The average molecular weight is 220 g/mol. The Morgan fingerprint density at radius 2 is 2.00 bits per heavy atom. The van der Waals surface area contributed by atoms with Gasteiger partial charge in [-0.15, -0.1) is 0 Å². The van der Waals surface area contributed by atoms with Crippen molar-refractivity contribution in [1.29, 1.82) is 0 Å². The van der Waals surface area contributed by atoms with Crippen molar-refractivity contribution in [2.24, 2.45) is 10.9 Å².